The first-order valence-corrected chi connectivity index (χ1v) is 8.27. The summed E-state index contributed by atoms with van der Waals surface area (Å²) in [6, 6.07) is 0. The molecule has 1 rings (SSSR count). The van der Waals surface area contributed by atoms with Gasteiger partial charge in [0.15, 0.2) is 11.7 Å². The Morgan fingerprint density at radius 3 is 2.60 bits per heavy atom. The van der Waals surface area contributed by atoms with Crippen LogP contribution in [0.3, 0.4) is 0 Å². The van der Waals surface area contributed by atoms with Crippen LogP contribution in [0.4, 0.5) is 13.2 Å². The van der Waals surface area contributed by atoms with Crippen molar-refractivity contribution in [2.24, 2.45) is 4.99 Å². The normalized spacial score (nSPS) is 11.6. The minimum absolute atomic E-state index is 0. The Bertz CT molecular complexity index is 552. The van der Waals surface area contributed by atoms with Crippen LogP contribution in [0.25, 0.3) is 0 Å². The summed E-state index contributed by atoms with van der Waals surface area (Å²) in [6.45, 7) is 0.815. The minimum atomic E-state index is -4.42. The number of esters is 1. The van der Waals surface area contributed by atoms with Crippen LogP contribution in [0.2, 0.25) is 0 Å². The Morgan fingerprint density at radius 2 is 2.04 bits per heavy atom. The van der Waals surface area contributed by atoms with Gasteiger partial charge in [0, 0.05) is 25.4 Å². The molecule has 0 amide bonds. The number of guanidine groups is 1. The number of nitrogens with one attached hydrogen (secondary N) is 2. The van der Waals surface area contributed by atoms with Gasteiger partial charge in [0.05, 0.1) is 13.7 Å². The number of carbonyl (C=O) groups is 1. The predicted octanol–water partition coefficient (Wildman–Crippen LogP) is 3.18. The second-order valence-corrected chi connectivity index (χ2v) is 5.81. The number of halogens is 4. The molecule has 144 valence electrons. The minimum Gasteiger partial charge on any atom is -0.469 e. The van der Waals surface area contributed by atoms with Crippen molar-refractivity contribution < 1.29 is 22.7 Å². The Labute approximate surface area is 165 Å². The summed E-state index contributed by atoms with van der Waals surface area (Å²) in [4.78, 5) is 18.5. The molecule has 0 fully saturated rings. The van der Waals surface area contributed by atoms with E-state index in [0.717, 1.165) is 36.0 Å². The van der Waals surface area contributed by atoms with E-state index in [1.165, 1.54) is 7.11 Å². The summed E-state index contributed by atoms with van der Waals surface area (Å²) in [7, 11) is 2.94. The quantitative estimate of drug-likeness (QED) is 0.191. The van der Waals surface area contributed by atoms with Gasteiger partial charge in [-0.3, -0.25) is 9.79 Å². The topological polar surface area (TPSA) is 75.6 Å². The number of hydrogen-bond donors (Lipinski definition) is 2. The van der Waals surface area contributed by atoms with Gasteiger partial charge in [0.25, 0.3) is 0 Å². The van der Waals surface area contributed by atoms with E-state index in [2.05, 4.69) is 25.3 Å². The maximum Gasteiger partial charge on any atom is 0.434 e. The molecule has 0 unspecified atom stereocenters. The van der Waals surface area contributed by atoms with Gasteiger partial charge in [-0.05, 0) is 12.8 Å². The Hall–Kier alpha value is -1.11. The average Bonchev–Trinajstić information content (AvgIpc) is 3.02. The molecule has 0 aliphatic rings. The highest BCUT2D eigenvalue weighted by atomic mass is 127. The highest BCUT2D eigenvalue weighted by Gasteiger charge is 2.33. The molecule has 6 nitrogen and oxygen atoms in total. The number of hydrogen-bond acceptors (Lipinski definition) is 5. The highest BCUT2D eigenvalue weighted by Crippen LogP contribution is 2.29. The molecule has 11 heteroatoms. The van der Waals surface area contributed by atoms with Gasteiger partial charge in [-0.2, -0.15) is 13.2 Å². The highest BCUT2D eigenvalue weighted by molar-refractivity contribution is 14.0. The van der Waals surface area contributed by atoms with Crippen LogP contribution < -0.4 is 10.6 Å². The summed E-state index contributed by atoms with van der Waals surface area (Å²) < 4.78 is 41.9. The zero-order valence-electron chi connectivity index (χ0n) is 14.0. The number of ether oxygens (including phenoxy) is 1. The number of alkyl halides is 3. The molecule has 0 radical (unpaired) electrons. The third-order valence-electron chi connectivity index (χ3n) is 3.05. The van der Waals surface area contributed by atoms with Gasteiger partial charge < -0.3 is 15.4 Å². The molecule has 0 bridgehead atoms. The van der Waals surface area contributed by atoms with Gasteiger partial charge in [-0.25, -0.2) is 4.98 Å². The van der Waals surface area contributed by atoms with E-state index in [9.17, 15) is 18.0 Å². The lowest BCUT2D eigenvalue weighted by Gasteiger charge is -2.10. The molecule has 0 saturated carbocycles. The van der Waals surface area contributed by atoms with Crippen molar-refractivity contribution in [3.8, 4) is 0 Å². The van der Waals surface area contributed by atoms with Crippen molar-refractivity contribution in [2.45, 2.75) is 38.4 Å². The summed E-state index contributed by atoms with van der Waals surface area (Å²) in [6.07, 6.45) is -1.57. The van der Waals surface area contributed by atoms with E-state index >= 15 is 0 Å². The summed E-state index contributed by atoms with van der Waals surface area (Å²) in [5, 5.41) is 7.30. The van der Waals surface area contributed by atoms with Crippen molar-refractivity contribution in [2.75, 3.05) is 20.7 Å². The van der Waals surface area contributed by atoms with Crippen molar-refractivity contribution in [3.05, 3.63) is 16.1 Å². The first-order chi connectivity index (χ1) is 11.4. The van der Waals surface area contributed by atoms with E-state index in [-0.39, 0.29) is 36.5 Å². The van der Waals surface area contributed by atoms with Crippen molar-refractivity contribution >= 4 is 47.2 Å². The van der Waals surface area contributed by atoms with E-state index in [1.807, 2.05) is 0 Å². The smallest absolute Gasteiger partial charge is 0.434 e. The molecule has 0 aromatic carbocycles. The number of aromatic nitrogens is 1. The predicted molar refractivity (Wildman–Crippen MR) is 101 cm³/mol. The molecule has 0 spiro atoms. The fourth-order valence-electron chi connectivity index (χ4n) is 1.78. The molecule has 1 aromatic heterocycles. The molecule has 25 heavy (non-hydrogen) atoms. The van der Waals surface area contributed by atoms with Gasteiger partial charge in [0.1, 0.15) is 5.01 Å². The number of thiazole rings is 1. The fraction of sp³-hybridized carbons (Fsp3) is 0.643. The first kappa shape index (κ1) is 23.9. The van der Waals surface area contributed by atoms with E-state index in [0.29, 0.717) is 23.9 Å². The maximum absolute atomic E-state index is 12.5. The van der Waals surface area contributed by atoms with E-state index in [4.69, 9.17) is 0 Å². The number of nitrogens with zero attached hydrogens (tertiary/aromatic N) is 2. The standard InChI is InChI=1S/C14H21F3N4O2S.HI/c1-18-13(19-7-5-3-4-6-12(22)23-2)20-8-11-21-10(9-24-11)14(15,16)17;/h9H,3-8H2,1-2H3,(H2,18,19,20);1H. The van der Waals surface area contributed by atoms with Crippen LogP contribution in [0.15, 0.2) is 10.4 Å². The fourth-order valence-corrected chi connectivity index (χ4v) is 2.52. The Balaban J connectivity index is 0.00000576. The first-order valence-electron chi connectivity index (χ1n) is 7.39. The molecule has 0 aliphatic heterocycles. The molecule has 1 heterocycles. The van der Waals surface area contributed by atoms with Crippen LogP contribution in [0.5, 0.6) is 0 Å². The van der Waals surface area contributed by atoms with Crippen LogP contribution in [-0.4, -0.2) is 37.6 Å². The zero-order chi connectivity index (χ0) is 18.0. The van der Waals surface area contributed by atoms with Crippen LogP contribution >= 0.6 is 35.3 Å². The van der Waals surface area contributed by atoms with Gasteiger partial charge >= 0.3 is 12.1 Å². The second-order valence-electron chi connectivity index (χ2n) is 4.86. The number of aliphatic imine (C=N–C) groups is 1. The average molecular weight is 494 g/mol. The molecule has 0 aliphatic carbocycles. The lowest BCUT2D eigenvalue weighted by molar-refractivity contribution is -0.141. The van der Waals surface area contributed by atoms with Crippen LogP contribution in [0, 0.1) is 0 Å². The zero-order valence-corrected chi connectivity index (χ0v) is 17.1. The SMILES string of the molecule is CN=C(NCCCCCC(=O)OC)NCc1nc(C(F)(F)F)cs1.I. The van der Waals surface area contributed by atoms with E-state index in [1.54, 1.807) is 7.05 Å². The van der Waals surface area contributed by atoms with Gasteiger partial charge in [-0.1, -0.05) is 6.42 Å². The van der Waals surface area contributed by atoms with Crippen LogP contribution in [-0.2, 0) is 22.3 Å². The summed E-state index contributed by atoms with van der Waals surface area (Å²) in [5.74, 6) is 0.272. The molecule has 2 N–H and O–H groups in total. The van der Waals surface area contributed by atoms with Crippen molar-refractivity contribution in [3.63, 3.8) is 0 Å². The molecular formula is C14H22F3IN4O2S. The lowest BCUT2D eigenvalue weighted by atomic mass is 10.2. The van der Waals surface area contributed by atoms with Crippen LogP contribution in [0.1, 0.15) is 36.4 Å². The number of methoxy groups -OCH3 is 1. The van der Waals surface area contributed by atoms with Gasteiger partial charge in [0.2, 0.25) is 0 Å². The summed E-state index contributed by atoms with van der Waals surface area (Å²) >= 11 is 0.948. The largest absolute Gasteiger partial charge is 0.469 e. The summed E-state index contributed by atoms with van der Waals surface area (Å²) in [5.41, 5.74) is -0.877. The number of unbranched alkanes of at least 4 members (excludes halogenated alkanes) is 2. The molecular weight excluding hydrogens is 472 g/mol. The number of carbonyl (C=O) groups excluding carboxylic acids is 1. The molecule has 0 atom stereocenters. The van der Waals surface area contributed by atoms with Gasteiger partial charge in [-0.15, -0.1) is 35.3 Å². The third kappa shape index (κ3) is 9.82. The van der Waals surface area contributed by atoms with Crippen molar-refractivity contribution in [1.82, 2.24) is 15.6 Å². The third-order valence-corrected chi connectivity index (χ3v) is 3.90. The molecule has 1 aromatic rings. The Morgan fingerprint density at radius 1 is 1.32 bits per heavy atom. The lowest BCUT2D eigenvalue weighted by Crippen LogP contribution is -2.37. The second kappa shape index (κ2) is 12.3. The Kier molecular flexibility index (Phi) is 11.7. The van der Waals surface area contributed by atoms with Crippen molar-refractivity contribution in [1.29, 1.82) is 0 Å². The number of rotatable bonds is 8. The monoisotopic (exact) mass is 494 g/mol. The molecule has 0 saturated heterocycles. The maximum atomic E-state index is 12.5. The van der Waals surface area contributed by atoms with E-state index < -0.39 is 11.9 Å².